The number of rotatable bonds is 5. The van der Waals surface area contributed by atoms with Crippen LogP contribution in [-0.2, 0) is 9.53 Å². The van der Waals surface area contributed by atoms with Crippen LogP contribution >= 0.6 is 0 Å². The molecule has 0 unspecified atom stereocenters. The number of nitrogens with zero attached hydrogens (tertiary/aromatic N) is 4. The number of hydrogen-bond acceptors (Lipinski definition) is 6. The van der Waals surface area contributed by atoms with Crippen LogP contribution in [0.15, 0.2) is 59.7 Å². The van der Waals surface area contributed by atoms with Crippen LogP contribution in [0, 0.1) is 0 Å². The average Bonchev–Trinajstić information content (AvgIpc) is 3.18. The summed E-state index contributed by atoms with van der Waals surface area (Å²) < 4.78 is 11.2. The van der Waals surface area contributed by atoms with E-state index in [1.165, 1.54) is 0 Å². The number of benzene rings is 2. The van der Waals surface area contributed by atoms with Crippen LogP contribution in [-0.4, -0.2) is 36.2 Å². The fourth-order valence-electron chi connectivity index (χ4n) is 3.14. The van der Waals surface area contributed by atoms with Gasteiger partial charge in [0.1, 0.15) is 17.1 Å². The van der Waals surface area contributed by atoms with Crippen molar-refractivity contribution in [3.05, 3.63) is 65.0 Å². The van der Waals surface area contributed by atoms with Crippen LogP contribution in [0.5, 0.6) is 11.5 Å². The molecule has 2 atom stereocenters. The van der Waals surface area contributed by atoms with Crippen LogP contribution in [0.1, 0.15) is 27.2 Å². The molecule has 2 aromatic carbocycles. The monoisotopic (exact) mass is 423 g/mol. The predicted molar refractivity (Wildman–Crippen MR) is 116 cm³/mol. The van der Waals surface area contributed by atoms with Crippen molar-refractivity contribution in [1.82, 2.24) is 5.32 Å². The predicted octanol–water partition coefficient (Wildman–Crippen LogP) is 4.79. The Kier molecular flexibility index (Phi) is 6.79. The van der Waals surface area contributed by atoms with Gasteiger partial charge in [-0.05, 0) is 69.1 Å². The highest BCUT2D eigenvalue weighted by atomic mass is 16.6. The standard InChI is InChI=1S/C22H25N5O4/c1-22(2,3)31-21(29)27(20(28)19-13-15(14-24-19)25-26-23)16-9-11-18(12-10-16)30-17-7-5-4-6-8-17/h4-12,15,19,24H,13-14H2,1-3H3/t15-,19+/m1/s1. The third-order valence-corrected chi connectivity index (χ3v) is 4.49. The van der Waals surface area contributed by atoms with Gasteiger partial charge in [-0.15, -0.1) is 0 Å². The van der Waals surface area contributed by atoms with Gasteiger partial charge >= 0.3 is 6.09 Å². The van der Waals surface area contributed by atoms with E-state index in [0.29, 0.717) is 30.2 Å². The smallest absolute Gasteiger partial charge is 0.421 e. The van der Waals surface area contributed by atoms with Gasteiger partial charge in [-0.2, -0.15) is 0 Å². The van der Waals surface area contributed by atoms with Crippen LogP contribution in [0.25, 0.3) is 10.4 Å². The molecule has 9 heteroatoms. The molecule has 162 valence electrons. The van der Waals surface area contributed by atoms with Crippen molar-refractivity contribution in [2.45, 2.75) is 44.9 Å². The zero-order valence-electron chi connectivity index (χ0n) is 17.7. The Bertz CT molecular complexity index is 966. The number of azide groups is 1. The van der Waals surface area contributed by atoms with E-state index in [-0.39, 0.29) is 6.04 Å². The SMILES string of the molecule is CC(C)(C)OC(=O)N(C(=O)[C@@H]1C[C@@H](N=[N+]=[N-])CN1)c1ccc(Oc2ccccc2)cc1. The Labute approximate surface area is 180 Å². The summed E-state index contributed by atoms with van der Waals surface area (Å²) in [6.45, 7) is 5.56. The number of anilines is 1. The Balaban J connectivity index is 1.83. The first-order valence-electron chi connectivity index (χ1n) is 9.94. The van der Waals surface area contributed by atoms with Gasteiger partial charge in [-0.25, -0.2) is 9.69 Å². The first-order valence-corrected chi connectivity index (χ1v) is 9.94. The summed E-state index contributed by atoms with van der Waals surface area (Å²) in [4.78, 5) is 29.9. The van der Waals surface area contributed by atoms with E-state index in [9.17, 15) is 9.59 Å². The summed E-state index contributed by atoms with van der Waals surface area (Å²) >= 11 is 0. The van der Waals surface area contributed by atoms with Gasteiger partial charge in [0, 0.05) is 11.5 Å². The van der Waals surface area contributed by atoms with E-state index in [1.54, 1.807) is 45.0 Å². The van der Waals surface area contributed by atoms with Crippen molar-refractivity contribution in [2.24, 2.45) is 5.11 Å². The molecule has 1 fully saturated rings. The summed E-state index contributed by atoms with van der Waals surface area (Å²) in [5.74, 6) is 0.769. The number of amides is 2. The van der Waals surface area contributed by atoms with Gasteiger partial charge in [0.05, 0.1) is 17.8 Å². The second-order valence-corrected chi connectivity index (χ2v) is 8.12. The number of imide groups is 1. The Morgan fingerprint density at radius 1 is 1.10 bits per heavy atom. The zero-order chi connectivity index (χ0) is 22.4. The maximum atomic E-state index is 13.2. The second kappa shape index (κ2) is 9.51. The van der Waals surface area contributed by atoms with Crippen molar-refractivity contribution in [2.75, 3.05) is 11.4 Å². The highest BCUT2D eigenvalue weighted by Gasteiger charge is 2.37. The van der Waals surface area contributed by atoms with Crippen molar-refractivity contribution < 1.29 is 19.1 Å². The molecule has 2 aromatic rings. The molecule has 9 nitrogen and oxygen atoms in total. The summed E-state index contributed by atoms with van der Waals surface area (Å²) in [5, 5.41) is 6.67. The summed E-state index contributed by atoms with van der Waals surface area (Å²) in [6.07, 6.45) is -0.472. The van der Waals surface area contributed by atoms with E-state index in [4.69, 9.17) is 15.0 Å². The van der Waals surface area contributed by atoms with Gasteiger partial charge in [0.25, 0.3) is 5.91 Å². The quantitative estimate of drug-likeness (QED) is 0.422. The van der Waals surface area contributed by atoms with E-state index >= 15 is 0 Å². The lowest BCUT2D eigenvalue weighted by atomic mass is 10.1. The minimum atomic E-state index is -0.775. The van der Waals surface area contributed by atoms with E-state index in [0.717, 1.165) is 4.90 Å². The molecule has 0 bridgehead atoms. The average molecular weight is 423 g/mol. The first kappa shape index (κ1) is 22.1. The molecule has 0 saturated carbocycles. The Morgan fingerprint density at radius 2 is 1.74 bits per heavy atom. The van der Waals surface area contributed by atoms with Gasteiger partial charge < -0.3 is 14.8 Å². The maximum absolute atomic E-state index is 13.2. The zero-order valence-corrected chi connectivity index (χ0v) is 17.7. The maximum Gasteiger partial charge on any atom is 0.421 e. The highest BCUT2D eigenvalue weighted by Crippen LogP contribution is 2.27. The Hall–Kier alpha value is -3.55. The number of carbonyl (C=O) groups excluding carboxylic acids is 2. The molecule has 1 N–H and O–H groups in total. The lowest BCUT2D eigenvalue weighted by Crippen LogP contribution is -2.48. The number of ether oxygens (including phenoxy) is 2. The third kappa shape index (κ3) is 5.97. The van der Waals surface area contributed by atoms with E-state index < -0.39 is 23.6 Å². The Morgan fingerprint density at radius 3 is 2.35 bits per heavy atom. The minimum Gasteiger partial charge on any atom is -0.457 e. The van der Waals surface area contributed by atoms with Gasteiger partial charge in [0.2, 0.25) is 0 Å². The fourth-order valence-corrected chi connectivity index (χ4v) is 3.14. The van der Waals surface area contributed by atoms with Crippen LogP contribution < -0.4 is 15.0 Å². The van der Waals surface area contributed by atoms with Crippen molar-refractivity contribution in [3.8, 4) is 11.5 Å². The number of para-hydroxylation sites is 1. The molecule has 0 aromatic heterocycles. The molecule has 0 spiro atoms. The molecular formula is C22H25N5O4. The molecule has 3 rings (SSSR count). The van der Waals surface area contributed by atoms with Crippen LogP contribution in [0.2, 0.25) is 0 Å². The molecule has 0 radical (unpaired) electrons. The number of carbonyl (C=O) groups is 2. The molecule has 1 aliphatic rings. The third-order valence-electron chi connectivity index (χ3n) is 4.49. The molecule has 31 heavy (non-hydrogen) atoms. The summed E-state index contributed by atoms with van der Waals surface area (Å²) in [6, 6.07) is 14.9. The van der Waals surface area contributed by atoms with E-state index in [1.807, 2.05) is 30.3 Å². The normalized spacial score (nSPS) is 18.0. The molecule has 2 amide bonds. The van der Waals surface area contributed by atoms with Crippen molar-refractivity contribution in [1.29, 1.82) is 0 Å². The number of hydrogen-bond donors (Lipinski definition) is 1. The second-order valence-electron chi connectivity index (χ2n) is 8.12. The van der Waals surface area contributed by atoms with Gasteiger partial charge in [0.15, 0.2) is 0 Å². The molecule has 1 aliphatic heterocycles. The van der Waals surface area contributed by atoms with Crippen LogP contribution in [0.3, 0.4) is 0 Å². The molecule has 0 aliphatic carbocycles. The minimum absolute atomic E-state index is 0.303. The van der Waals surface area contributed by atoms with Crippen molar-refractivity contribution >= 4 is 17.7 Å². The lowest BCUT2D eigenvalue weighted by molar-refractivity contribution is -0.120. The lowest BCUT2D eigenvalue weighted by Gasteiger charge is -2.28. The summed E-state index contributed by atoms with van der Waals surface area (Å²) in [7, 11) is 0. The molecule has 1 heterocycles. The van der Waals surface area contributed by atoms with Crippen LogP contribution in [0.4, 0.5) is 10.5 Å². The fraction of sp³-hybridized carbons (Fsp3) is 0.364. The highest BCUT2D eigenvalue weighted by molar-refractivity contribution is 6.14. The first-order chi connectivity index (χ1) is 14.8. The van der Waals surface area contributed by atoms with Gasteiger partial charge in [-0.3, -0.25) is 4.79 Å². The molecular weight excluding hydrogens is 398 g/mol. The largest absolute Gasteiger partial charge is 0.457 e. The summed E-state index contributed by atoms with van der Waals surface area (Å²) in [5.41, 5.74) is 8.22. The number of nitrogens with one attached hydrogen (secondary N) is 1. The topological polar surface area (TPSA) is 117 Å². The molecule has 1 saturated heterocycles. The van der Waals surface area contributed by atoms with Crippen molar-refractivity contribution in [3.63, 3.8) is 0 Å². The van der Waals surface area contributed by atoms with E-state index in [2.05, 4.69) is 15.3 Å². The van der Waals surface area contributed by atoms with Gasteiger partial charge in [-0.1, -0.05) is 23.3 Å².